The molecule has 3 nitrogen and oxygen atoms in total. The van der Waals surface area contributed by atoms with Gasteiger partial charge >= 0.3 is 0 Å². The number of imidazole rings is 1. The van der Waals surface area contributed by atoms with Crippen LogP contribution in [0.1, 0.15) is 11.4 Å². The maximum atomic E-state index is 5.91. The molecule has 1 heterocycles. The molecule has 0 unspecified atom stereocenters. The van der Waals surface area contributed by atoms with Crippen molar-refractivity contribution in [3.8, 4) is 0 Å². The molecule has 2 rings (SSSR count). The molecule has 0 amide bonds. The second-order valence-corrected chi connectivity index (χ2v) is 4.25. The van der Waals surface area contributed by atoms with Crippen LogP contribution < -0.4 is 5.73 Å². The molecule has 1 aromatic carbocycles. The Morgan fingerprint density at radius 3 is 3.00 bits per heavy atom. The Labute approximate surface area is 104 Å². The van der Waals surface area contributed by atoms with Gasteiger partial charge in [-0.05, 0) is 17.7 Å². The molecule has 0 saturated carbocycles. The molecular weight excluding hydrogens is 242 g/mol. The molecule has 0 atom stereocenters. The van der Waals surface area contributed by atoms with E-state index in [2.05, 4.69) is 4.98 Å². The summed E-state index contributed by atoms with van der Waals surface area (Å²) in [6.07, 6.45) is 3.52. The van der Waals surface area contributed by atoms with E-state index in [9.17, 15) is 0 Å². The molecular formula is C11H10ClN3S. The summed E-state index contributed by atoms with van der Waals surface area (Å²) in [5.74, 6) is 0.620. The number of rotatable bonds is 3. The number of nitrogens with two attached hydrogens (primary N) is 1. The lowest BCUT2D eigenvalue weighted by Crippen LogP contribution is -2.17. The van der Waals surface area contributed by atoms with E-state index in [-0.39, 0.29) is 0 Å². The Bertz CT molecular complexity index is 521. The van der Waals surface area contributed by atoms with Crippen LogP contribution in [0.5, 0.6) is 0 Å². The zero-order valence-corrected chi connectivity index (χ0v) is 10.0. The van der Waals surface area contributed by atoms with Crippen molar-refractivity contribution in [3.63, 3.8) is 0 Å². The van der Waals surface area contributed by atoms with Crippen LogP contribution in [0.4, 0.5) is 0 Å². The monoisotopic (exact) mass is 251 g/mol. The first-order valence-electron chi connectivity index (χ1n) is 4.72. The van der Waals surface area contributed by atoms with Crippen LogP contribution in [-0.4, -0.2) is 14.5 Å². The average Bonchev–Trinajstić information content (AvgIpc) is 2.66. The number of benzene rings is 1. The van der Waals surface area contributed by atoms with Crippen LogP contribution in [0.2, 0.25) is 5.02 Å². The van der Waals surface area contributed by atoms with Gasteiger partial charge in [-0.1, -0.05) is 36.0 Å². The predicted molar refractivity (Wildman–Crippen MR) is 68.7 cm³/mol. The van der Waals surface area contributed by atoms with Crippen molar-refractivity contribution < 1.29 is 0 Å². The van der Waals surface area contributed by atoms with Crippen molar-refractivity contribution in [1.82, 2.24) is 9.55 Å². The molecule has 82 valence electrons. The maximum absolute atomic E-state index is 5.91. The summed E-state index contributed by atoms with van der Waals surface area (Å²) in [5.41, 5.74) is 6.65. The summed E-state index contributed by atoms with van der Waals surface area (Å²) in [6, 6.07) is 7.66. The van der Waals surface area contributed by atoms with Gasteiger partial charge in [0.15, 0.2) is 5.82 Å². The molecule has 0 bridgehead atoms. The van der Waals surface area contributed by atoms with E-state index in [1.807, 2.05) is 35.0 Å². The minimum atomic E-state index is 0.298. The third kappa shape index (κ3) is 2.40. The summed E-state index contributed by atoms with van der Waals surface area (Å²) < 4.78 is 1.90. The van der Waals surface area contributed by atoms with E-state index in [0.717, 1.165) is 10.6 Å². The van der Waals surface area contributed by atoms with Gasteiger partial charge in [-0.25, -0.2) is 4.98 Å². The quantitative estimate of drug-likeness (QED) is 0.851. The zero-order chi connectivity index (χ0) is 11.5. The molecule has 2 N–H and O–H groups in total. The molecule has 16 heavy (non-hydrogen) atoms. The van der Waals surface area contributed by atoms with E-state index < -0.39 is 0 Å². The van der Waals surface area contributed by atoms with Crippen LogP contribution in [0, 0.1) is 0 Å². The van der Waals surface area contributed by atoms with Crippen LogP contribution >= 0.6 is 23.8 Å². The molecule has 0 fully saturated rings. The third-order valence-electron chi connectivity index (χ3n) is 2.18. The average molecular weight is 252 g/mol. The van der Waals surface area contributed by atoms with Crippen molar-refractivity contribution in [3.05, 3.63) is 53.1 Å². The molecule has 0 radical (unpaired) electrons. The Hall–Kier alpha value is -1.39. The van der Waals surface area contributed by atoms with Gasteiger partial charge in [-0.2, -0.15) is 0 Å². The minimum Gasteiger partial charge on any atom is -0.387 e. The van der Waals surface area contributed by atoms with Crippen molar-refractivity contribution in [1.29, 1.82) is 0 Å². The fraction of sp³-hybridized carbons (Fsp3) is 0.0909. The van der Waals surface area contributed by atoms with Gasteiger partial charge in [0, 0.05) is 24.0 Å². The van der Waals surface area contributed by atoms with Gasteiger partial charge in [0.2, 0.25) is 0 Å². The Balaban J connectivity index is 2.27. The van der Waals surface area contributed by atoms with Crippen molar-refractivity contribution in [2.45, 2.75) is 6.54 Å². The van der Waals surface area contributed by atoms with E-state index in [1.54, 1.807) is 6.20 Å². The summed E-state index contributed by atoms with van der Waals surface area (Å²) >= 11 is 10.8. The number of hydrogen-bond donors (Lipinski definition) is 1. The fourth-order valence-corrected chi connectivity index (χ4v) is 1.88. The van der Waals surface area contributed by atoms with Crippen LogP contribution in [0.25, 0.3) is 0 Å². The van der Waals surface area contributed by atoms with Crippen molar-refractivity contribution in [2.24, 2.45) is 5.73 Å². The van der Waals surface area contributed by atoms with Gasteiger partial charge < -0.3 is 10.3 Å². The van der Waals surface area contributed by atoms with Crippen LogP contribution in [-0.2, 0) is 6.54 Å². The lowest BCUT2D eigenvalue weighted by atomic mass is 10.2. The number of nitrogens with zero attached hydrogens (tertiary/aromatic N) is 2. The lowest BCUT2D eigenvalue weighted by molar-refractivity contribution is 0.788. The first kappa shape index (κ1) is 11.1. The summed E-state index contributed by atoms with van der Waals surface area (Å²) in [7, 11) is 0. The Morgan fingerprint density at radius 1 is 1.50 bits per heavy atom. The van der Waals surface area contributed by atoms with Gasteiger partial charge in [0.25, 0.3) is 0 Å². The summed E-state index contributed by atoms with van der Waals surface area (Å²) in [6.45, 7) is 0.660. The second-order valence-electron chi connectivity index (χ2n) is 3.37. The Kier molecular flexibility index (Phi) is 3.22. The SMILES string of the molecule is NC(=S)c1nccn1Cc1cccc(Cl)c1. The van der Waals surface area contributed by atoms with E-state index in [0.29, 0.717) is 17.4 Å². The topological polar surface area (TPSA) is 43.8 Å². The molecule has 0 saturated heterocycles. The molecule has 2 aromatic rings. The molecule has 0 spiro atoms. The van der Waals surface area contributed by atoms with E-state index in [1.165, 1.54) is 0 Å². The summed E-state index contributed by atoms with van der Waals surface area (Å²) in [4.78, 5) is 4.40. The van der Waals surface area contributed by atoms with Gasteiger partial charge in [0.05, 0.1) is 0 Å². The van der Waals surface area contributed by atoms with Crippen LogP contribution in [0.3, 0.4) is 0 Å². The predicted octanol–water partition coefficient (Wildman–Crippen LogP) is 2.22. The van der Waals surface area contributed by atoms with Crippen LogP contribution in [0.15, 0.2) is 36.7 Å². The van der Waals surface area contributed by atoms with Crippen molar-refractivity contribution >= 4 is 28.8 Å². The normalized spacial score (nSPS) is 10.3. The van der Waals surface area contributed by atoms with E-state index >= 15 is 0 Å². The smallest absolute Gasteiger partial charge is 0.167 e. The molecule has 0 aliphatic rings. The first-order valence-corrected chi connectivity index (χ1v) is 5.51. The highest BCUT2D eigenvalue weighted by Gasteiger charge is 2.05. The number of aromatic nitrogens is 2. The molecule has 1 aromatic heterocycles. The third-order valence-corrected chi connectivity index (χ3v) is 2.60. The van der Waals surface area contributed by atoms with Crippen molar-refractivity contribution in [2.75, 3.05) is 0 Å². The summed E-state index contributed by atoms with van der Waals surface area (Å²) in [5, 5.41) is 0.717. The number of hydrogen-bond acceptors (Lipinski definition) is 2. The highest BCUT2D eigenvalue weighted by molar-refractivity contribution is 7.80. The lowest BCUT2D eigenvalue weighted by Gasteiger charge is -2.06. The maximum Gasteiger partial charge on any atom is 0.167 e. The van der Waals surface area contributed by atoms with Gasteiger partial charge in [0.1, 0.15) is 4.99 Å². The highest BCUT2D eigenvalue weighted by atomic mass is 35.5. The first-order chi connectivity index (χ1) is 7.66. The standard InChI is InChI=1S/C11H10ClN3S/c12-9-3-1-2-8(6-9)7-15-5-4-14-11(15)10(13)16/h1-6H,7H2,(H2,13,16). The van der Waals surface area contributed by atoms with E-state index in [4.69, 9.17) is 29.6 Å². The Morgan fingerprint density at radius 2 is 2.31 bits per heavy atom. The van der Waals surface area contributed by atoms with Gasteiger partial charge in [-0.15, -0.1) is 0 Å². The molecule has 5 heteroatoms. The fourth-order valence-electron chi connectivity index (χ4n) is 1.49. The molecule has 0 aliphatic carbocycles. The second kappa shape index (κ2) is 4.63. The minimum absolute atomic E-state index is 0.298. The van der Waals surface area contributed by atoms with Gasteiger partial charge in [-0.3, -0.25) is 0 Å². The highest BCUT2D eigenvalue weighted by Crippen LogP contribution is 2.12. The molecule has 0 aliphatic heterocycles. The number of halogens is 1. The number of thiocarbonyl (C=S) groups is 1. The zero-order valence-electron chi connectivity index (χ0n) is 8.43. The largest absolute Gasteiger partial charge is 0.387 e.